The topological polar surface area (TPSA) is 31.2 Å². The van der Waals surface area contributed by atoms with Gasteiger partial charge in [0.15, 0.2) is 0 Å². The Bertz CT molecular complexity index is 637. The summed E-state index contributed by atoms with van der Waals surface area (Å²) in [5.74, 6) is -0.274. The molecule has 2 heterocycles. The number of fused-ring (bicyclic) bond motifs is 3. The maximum atomic E-state index is 11.4. The molecule has 0 unspecified atom stereocenters. The maximum absolute atomic E-state index is 11.4. The number of aromatic nitrogens is 1. The van der Waals surface area contributed by atoms with Crippen molar-refractivity contribution in [1.29, 1.82) is 0 Å². The van der Waals surface area contributed by atoms with Crippen LogP contribution < -0.4 is 0 Å². The van der Waals surface area contributed by atoms with E-state index in [4.69, 9.17) is 4.74 Å². The predicted octanol–water partition coefficient (Wildman–Crippen LogP) is 2.99. The number of allylic oxidation sites excluding steroid dienone is 1. The lowest BCUT2D eigenvalue weighted by molar-refractivity contribution is -0.134. The van der Waals surface area contributed by atoms with Crippen LogP contribution in [-0.4, -0.2) is 17.6 Å². The average Bonchev–Trinajstić information content (AvgIpc) is 2.78. The van der Waals surface area contributed by atoms with E-state index < -0.39 is 0 Å². The number of hydrogen-bond donors (Lipinski definition) is 0. The number of para-hydroxylation sites is 1. The largest absolute Gasteiger partial charge is 0.466 e. The molecule has 18 heavy (non-hydrogen) atoms. The molecule has 0 spiro atoms. The van der Waals surface area contributed by atoms with E-state index in [1.807, 2.05) is 12.1 Å². The standard InChI is InChI=1S/C15H15NO2/c1-18-15(17)10-12-6-4-8-16-13-7-3-2-5-11(13)9-14(12)16/h2-3,5,7,9-10H,4,6,8H2,1H3/b12-10+. The number of esters is 1. The molecule has 1 aliphatic heterocycles. The molecule has 3 heteroatoms. The molecular formula is C15H15NO2. The number of ether oxygens (including phenoxy) is 1. The molecule has 1 aromatic heterocycles. The molecule has 92 valence electrons. The summed E-state index contributed by atoms with van der Waals surface area (Å²) in [6, 6.07) is 10.5. The fourth-order valence-electron chi connectivity index (χ4n) is 2.62. The van der Waals surface area contributed by atoms with E-state index >= 15 is 0 Å². The highest BCUT2D eigenvalue weighted by Crippen LogP contribution is 2.32. The lowest BCUT2D eigenvalue weighted by Crippen LogP contribution is -2.10. The molecule has 0 saturated carbocycles. The van der Waals surface area contributed by atoms with Gasteiger partial charge in [-0.2, -0.15) is 0 Å². The number of rotatable bonds is 1. The third-order valence-electron chi connectivity index (χ3n) is 3.46. The van der Waals surface area contributed by atoms with Crippen LogP contribution in [0, 0.1) is 0 Å². The molecule has 3 rings (SSSR count). The van der Waals surface area contributed by atoms with Crippen molar-refractivity contribution in [3.63, 3.8) is 0 Å². The molecular weight excluding hydrogens is 226 g/mol. The lowest BCUT2D eigenvalue weighted by Gasteiger charge is -2.18. The van der Waals surface area contributed by atoms with Crippen molar-refractivity contribution < 1.29 is 9.53 Å². The van der Waals surface area contributed by atoms with E-state index in [1.54, 1.807) is 6.08 Å². The van der Waals surface area contributed by atoms with Crippen molar-refractivity contribution in [2.45, 2.75) is 19.4 Å². The van der Waals surface area contributed by atoms with Crippen molar-refractivity contribution in [2.24, 2.45) is 0 Å². The fourth-order valence-corrected chi connectivity index (χ4v) is 2.62. The zero-order chi connectivity index (χ0) is 12.5. The van der Waals surface area contributed by atoms with Gasteiger partial charge in [0.05, 0.1) is 7.11 Å². The summed E-state index contributed by atoms with van der Waals surface area (Å²) in [5.41, 5.74) is 3.46. The summed E-state index contributed by atoms with van der Waals surface area (Å²) in [6.45, 7) is 1.02. The fraction of sp³-hybridized carbons (Fsp3) is 0.267. The van der Waals surface area contributed by atoms with Crippen molar-refractivity contribution in [3.05, 3.63) is 42.1 Å². The van der Waals surface area contributed by atoms with Gasteiger partial charge in [-0.25, -0.2) is 4.79 Å². The van der Waals surface area contributed by atoms with Gasteiger partial charge in [-0.1, -0.05) is 18.2 Å². The number of aryl methyl sites for hydroxylation is 1. The predicted molar refractivity (Wildman–Crippen MR) is 71.2 cm³/mol. The van der Waals surface area contributed by atoms with Crippen LogP contribution in [0.15, 0.2) is 36.4 Å². The summed E-state index contributed by atoms with van der Waals surface area (Å²) in [6.07, 6.45) is 3.61. The van der Waals surface area contributed by atoms with E-state index in [0.717, 1.165) is 30.7 Å². The highest BCUT2D eigenvalue weighted by Gasteiger charge is 2.17. The van der Waals surface area contributed by atoms with Crippen LogP contribution in [-0.2, 0) is 16.1 Å². The second-order valence-corrected chi connectivity index (χ2v) is 4.54. The minimum atomic E-state index is -0.274. The van der Waals surface area contributed by atoms with Crippen LogP contribution in [0.3, 0.4) is 0 Å². The zero-order valence-electron chi connectivity index (χ0n) is 10.3. The van der Waals surface area contributed by atoms with Crippen molar-refractivity contribution in [1.82, 2.24) is 4.57 Å². The Morgan fingerprint density at radius 1 is 1.39 bits per heavy atom. The molecule has 0 atom stereocenters. The van der Waals surface area contributed by atoms with E-state index in [9.17, 15) is 4.79 Å². The summed E-state index contributed by atoms with van der Waals surface area (Å²) < 4.78 is 7.00. The number of methoxy groups -OCH3 is 1. The van der Waals surface area contributed by atoms with Crippen molar-refractivity contribution in [2.75, 3.05) is 7.11 Å². The third kappa shape index (κ3) is 1.72. The maximum Gasteiger partial charge on any atom is 0.330 e. The minimum Gasteiger partial charge on any atom is -0.466 e. The molecule has 3 nitrogen and oxygen atoms in total. The lowest BCUT2D eigenvalue weighted by atomic mass is 10.0. The molecule has 0 saturated heterocycles. The van der Waals surface area contributed by atoms with Crippen LogP contribution in [0.25, 0.3) is 16.5 Å². The molecule has 0 aliphatic carbocycles. The molecule has 1 aromatic carbocycles. The second-order valence-electron chi connectivity index (χ2n) is 4.54. The Hall–Kier alpha value is -2.03. The number of carbonyl (C=O) groups is 1. The van der Waals surface area contributed by atoms with E-state index in [1.165, 1.54) is 18.0 Å². The number of nitrogens with zero attached hydrogens (tertiary/aromatic N) is 1. The summed E-state index contributed by atoms with van der Waals surface area (Å²) in [7, 11) is 1.41. The Morgan fingerprint density at radius 3 is 3.06 bits per heavy atom. The molecule has 0 fully saturated rings. The van der Waals surface area contributed by atoms with Gasteiger partial charge in [0.1, 0.15) is 0 Å². The van der Waals surface area contributed by atoms with Gasteiger partial charge >= 0.3 is 5.97 Å². The quantitative estimate of drug-likeness (QED) is 0.567. The highest BCUT2D eigenvalue weighted by atomic mass is 16.5. The Labute approximate surface area is 106 Å². The van der Waals surface area contributed by atoms with Crippen molar-refractivity contribution >= 4 is 22.4 Å². The number of hydrogen-bond acceptors (Lipinski definition) is 2. The van der Waals surface area contributed by atoms with Gasteiger partial charge in [-0.3, -0.25) is 0 Å². The van der Waals surface area contributed by atoms with E-state index in [-0.39, 0.29) is 5.97 Å². The first-order valence-corrected chi connectivity index (χ1v) is 6.17. The molecule has 0 N–H and O–H groups in total. The van der Waals surface area contributed by atoms with Gasteiger partial charge in [0.2, 0.25) is 0 Å². The first kappa shape index (κ1) is 11.1. The minimum absolute atomic E-state index is 0.274. The molecule has 0 amide bonds. The van der Waals surface area contributed by atoms with Gasteiger partial charge in [-0.05, 0) is 30.5 Å². The van der Waals surface area contributed by atoms with Gasteiger partial charge in [0, 0.05) is 29.2 Å². The van der Waals surface area contributed by atoms with Crippen LogP contribution in [0.4, 0.5) is 0 Å². The van der Waals surface area contributed by atoms with E-state index in [0.29, 0.717) is 0 Å². The Balaban J connectivity index is 2.16. The second kappa shape index (κ2) is 4.33. The van der Waals surface area contributed by atoms with Gasteiger partial charge in [-0.15, -0.1) is 0 Å². The zero-order valence-corrected chi connectivity index (χ0v) is 10.3. The summed E-state index contributed by atoms with van der Waals surface area (Å²) in [4.78, 5) is 11.4. The smallest absolute Gasteiger partial charge is 0.330 e. The normalized spacial score (nSPS) is 16.8. The number of carbonyl (C=O) groups excluding carboxylic acids is 1. The first-order chi connectivity index (χ1) is 8.79. The van der Waals surface area contributed by atoms with E-state index in [2.05, 4.69) is 22.8 Å². The summed E-state index contributed by atoms with van der Waals surface area (Å²) >= 11 is 0. The Kier molecular flexibility index (Phi) is 2.67. The SMILES string of the molecule is COC(=O)/C=C1\CCCn2c1cc1ccccc12. The van der Waals surface area contributed by atoms with Gasteiger partial charge < -0.3 is 9.30 Å². The van der Waals surface area contributed by atoms with Crippen LogP contribution >= 0.6 is 0 Å². The molecule has 0 bridgehead atoms. The monoisotopic (exact) mass is 241 g/mol. The number of benzene rings is 1. The van der Waals surface area contributed by atoms with Crippen LogP contribution in [0.1, 0.15) is 18.5 Å². The highest BCUT2D eigenvalue weighted by molar-refractivity contribution is 5.94. The molecule has 0 radical (unpaired) electrons. The van der Waals surface area contributed by atoms with Crippen molar-refractivity contribution in [3.8, 4) is 0 Å². The third-order valence-corrected chi connectivity index (χ3v) is 3.46. The van der Waals surface area contributed by atoms with Crippen LogP contribution in [0.2, 0.25) is 0 Å². The van der Waals surface area contributed by atoms with Crippen LogP contribution in [0.5, 0.6) is 0 Å². The molecule has 1 aliphatic rings. The summed E-state index contributed by atoms with van der Waals surface area (Å²) in [5, 5.41) is 1.23. The molecule has 2 aromatic rings. The average molecular weight is 241 g/mol. The van der Waals surface area contributed by atoms with Gasteiger partial charge in [0.25, 0.3) is 0 Å². The Morgan fingerprint density at radius 2 is 2.22 bits per heavy atom. The first-order valence-electron chi connectivity index (χ1n) is 6.17.